The number of carbonyl (C=O) groups is 2. The Morgan fingerprint density at radius 2 is 2.13 bits per heavy atom. The highest BCUT2D eigenvalue weighted by atomic mass is 16.4. The molecule has 15 heavy (non-hydrogen) atoms. The normalized spacial score (nSPS) is 11.8. The summed E-state index contributed by atoms with van der Waals surface area (Å²) >= 11 is 0. The molecule has 4 nitrogen and oxygen atoms in total. The van der Waals surface area contributed by atoms with E-state index in [1.54, 1.807) is 6.08 Å². The van der Waals surface area contributed by atoms with E-state index in [-0.39, 0.29) is 18.4 Å². The topological polar surface area (TPSA) is 66.4 Å². The van der Waals surface area contributed by atoms with Gasteiger partial charge in [0.15, 0.2) is 0 Å². The zero-order valence-electron chi connectivity index (χ0n) is 9.16. The van der Waals surface area contributed by atoms with Crippen LogP contribution in [0.4, 0.5) is 0 Å². The Bertz CT molecular complexity index is 226. The molecule has 0 fully saturated rings. The average molecular weight is 213 g/mol. The smallest absolute Gasteiger partial charge is 0.303 e. The van der Waals surface area contributed by atoms with Crippen LogP contribution in [-0.4, -0.2) is 23.0 Å². The van der Waals surface area contributed by atoms with Gasteiger partial charge in [0.2, 0.25) is 5.91 Å². The number of hydrogen-bond donors (Lipinski definition) is 2. The lowest BCUT2D eigenvalue weighted by Gasteiger charge is -2.12. The average Bonchev–Trinajstić information content (AvgIpc) is 2.14. The Labute approximate surface area is 90.4 Å². The Morgan fingerprint density at radius 1 is 1.47 bits per heavy atom. The quantitative estimate of drug-likeness (QED) is 0.603. The molecule has 0 radical (unpaired) electrons. The standard InChI is InChI=1S/C11H19NO3/c1-3-4-7-10(13)12-9(2)6-5-8-11(14)15/h3,9H,1,4-8H2,2H3,(H,12,13)(H,14,15). The molecule has 0 aromatic rings. The van der Waals surface area contributed by atoms with Crippen LogP contribution in [0.5, 0.6) is 0 Å². The van der Waals surface area contributed by atoms with E-state index in [4.69, 9.17) is 5.11 Å². The van der Waals surface area contributed by atoms with Crippen molar-refractivity contribution in [3.05, 3.63) is 12.7 Å². The summed E-state index contributed by atoms with van der Waals surface area (Å²) in [5, 5.41) is 11.2. The van der Waals surface area contributed by atoms with Crippen LogP contribution in [-0.2, 0) is 9.59 Å². The molecule has 0 aromatic heterocycles. The Balaban J connectivity index is 3.54. The lowest BCUT2D eigenvalue weighted by molar-refractivity contribution is -0.137. The third kappa shape index (κ3) is 9.00. The van der Waals surface area contributed by atoms with E-state index in [0.717, 1.165) is 0 Å². The SMILES string of the molecule is C=CCCC(=O)NC(C)CCCC(=O)O. The van der Waals surface area contributed by atoms with E-state index in [9.17, 15) is 9.59 Å². The second-order valence-electron chi connectivity index (χ2n) is 3.58. The molecular formula is C11H19NO3. The van der Waals surface area contributed by atoms with Crippen LogP contribution in [0.2, 0.25) is 0 Å². The van der Waals surface area contributed by atoms with Crippen molar-refractivity contribution < 1.29 is 14.7 Å². The predicted octanol–water partition coefficient (Wildman–Crippen LogP) is 1.71. The number of carboxylic acid groups (broad SMARTS) is 1. The molecule has 2 N–H and O–H groups in total. The fourth-order valence-corrected chi connectivity index (χ4v) is 1.21. The summed E-state index contributed by atoms with van der Waals surface area (Å²) in [6.07, 6.45) is 4.28. The number of rotatable bonds is 8. The molecule has 0 aromatic carbocycles. The molecule has 86 valence electrons. The van der Waals surface area contributed by atoms with Gasteiger partial charge in [0.25, 0.3) is 0 Å². The lowest BCUT2D eigenvalue weighted by Crippen LogP contribution is -2.32. The van der Waals surface area contributed by atoms with E-state index in [2.05, 4.69) is 11.9 Å². The number of amides is 1. The van der Waals surface area contributed by atoms with Crippen molar-refractivity contribution in [1.29, 1.82) is 0 Å². The number of aliphatic carboxylic acids is 1. The van der Waals surface area contributed by atoms with Crippen molar-refractivity contribution in [1.82, 2.24) is 5.32 Å². The highest BCUT2D eigenvalue weighted by Crippen LogP contribution is 2.01. The van der Waals surface area contributed by atoms with Crippen LogP contribution in [0.3, 0.4) is 0 Å². The van der Waals surface area contributed by atoms with Gasteiger partial charge in [-0.1, -0.05) is 6.08 Å². The van der Waals surface area contributed by atoms with Gasteiger partial charge in [0.05, 0.1) is 0 Å². The van der Waals surface area contributed by atoms with Gasteiger partial charge in [-0.05, 0) is 26.2 Å². The molecule has 0 aliphatic heterocycles. The predicted molar refractivity (Wildman–Crippen MR) is 58.5 cm³/mol. The summed E-state index contributed by atoms with van der Waals surface area (Å²) in [6.45, 7) is 5.42. The van der Waals surface area contributed by atoms with Crippen molar-refractivity contribution in [3.63, 3.8) is 0 Å². The van der Waals surface area contributed by atoms with Crippen molar-refractivity contribution in [2.24, 2.45) is 0 Å². The molecule has 0 saturated heterocycles. The van der Waals surface area contributed by atoms with Gasteiger partial charge in [-0.25, -0.2) is 0 Å². The maximum atomic E-state index is 11.2. The summed E-state index contributed by atoms with van der Waals surface area (Å²) in [6, 6.07) is 0.0432. The van der Waals surface area contributed by atoms with Crippen LogP contribution >= 0.6 is 0 Å². The van der Waals surface area contributed by atoms with Gasteiger partial charge in [-0.2, -0.15) is 0 Å². The van der Waals surface area contributed by atoms with E-state index < -0.39 is 5.97 Å². The first-order valence-corrected chi connectivity index (χ1v) is 5.18. The van der Waals surface area contributed by atoms with Gasteiger partial charge in [-0.3, -0.25) is 9.59 Å². The first-order chi connectivity index (χ1) is 7.06. The van der Waals surface area contributed by atoms with Crippen LogP contribution in [0.15, 0.2) is 12.7 Å². The molecule has 1 amide bonds. The van der Waals surface area contributed by atoms with Crippen molar-refractivity contribution in [2.45, 2.75) is 45.1 Å². The second kappa shape index (κ2) is 8.03. The molecule has 0 spiro atoms. The first kappa shape index (κ1) is 13.7. The highest BCUT2D eigenvalue weighted by Gasteiger charge is 2.07. The fourth-order valence-electron chi connectivity index (χ4n) is 1.21. The molecule has 0 heterocycles. The molecule has 1 atom stereocenters. The molecule has 0 bridgehead atoms. The maximum Gasteiger partial charge on any atom is 0.303 e. The molecule has 1 unspecified atom stereocenters. The first-order valence-electron chi connectivity index (χ1n) is 5.18. The summed E-state index contributed by atoms with van der Waals surface area (Å²) in [4.78, 5) is 21.5. The molecule has 0 aliphatic carbocycles. The fraction of sp³-hybridized carbons (Fsp3) is 0.636. The van der Waals surface area contributed by atoms with E-state index >= 15 is 0 Å². The van der Waals surface area contributed by atoms with Crippen molar-refractivity contribution in [3.8, 4) is 0 Å². The minimum Gasteiger partial charge on any atom is -0.481 e. The van der Waals surface area contributed by atoms with Crippen LogP contribution in [0, 0.1) is 0 Å². The van der Waals surface area contributed by atoms with Gasteiger partial charge in [-0.15, -0.1) is 6.58 Å². The lowest BCUT2D eigenvalue weighted by atomic mass is 10.1. The third-order valence-electron chi connectivity index (χ3n) is 2.01. The van der Waals surface area contributed by atoms with Crippen molar-refractivity contribution >= 4 is 11.9 Å². The molecular weight excluding hydrogens is 194 g/mol. The summed E-state index contributed by atoms with van der Waals surface area (Å²) in [5.41, 5.74) is 0. The number of allylic oxidation sites excluding steroid dienone is 1. The minimum absolute atomic E-state index is 0.00211. The van der Waals surface area contributed by atoms with Crippen LogP contribution in [0.25, 0.3) is 0 Å². The third-order valence-corrected chi connectivity index (χ3v) is 2.01. The van der Waals surface area contributed by atoms with Crippen LogP contribution in [0.1, 0.15) is 39.0 Å². The Hall–Kier alpha value is -1.32. The van der Waals surface area contributed by atoms with Crippen LogP contribution < -0.4 is 5.32 Å². The molecule has 4 heteroatoms. The summed E-state index contributed by atoms with van der Waals surface area (Å²) < 4.78 is 0. The van der Waals surface area contributed by atoms with Gasteiger partial charge >= 0.3 is 5.97 Å². The number of hydrogen-bond acceptors (Lipinski definition) is 2. The molecule has 0 aliphatic rings. The number of carboxylic acids is 1. The minimum atomic E-state index is -0.791. The van der Waals surface area contributed by atoms with E-state index in [0.29, 0.717) is 25.7 Å². The highest BCUT2D eigenvalue weighted by molar-refractivity contribution is 5.76. The van der Waals surface area contributed by atoms with Gasteiger partial charge < -0.3 is 10.4 Å². The summed E-state index contributed by atoms with van der Waals surface area (Å²) in [7, 11) is 0. The number of carbonyl (C=O) groups excluding carboxylic acids is 1. The zero-order chi connectivity index (χ0) is 11.7. The van der Waals surface area contributed by atoms with Crippen molar-refractivity contribution in [2.75, 3.05) is 0 Å². The molecule has 0 saturated carbocycles. The molecule has 0 rings (SSSR count). The largest absolute Gasteiger partial charge is 0.481 e. The van der Waals surface area contributed by atoms with Gasteiger partial charge in [0.1, 0.15) is 0 Å². The monoisotopic (exact) mass is 213 g/mol. The maximum absolute atomic E-state index is 11.2. The van der Waals surface area contributed by atoms with Gasteiger partial charge in [0, 0.05) is 18.9 Å². The van der Waals surface area contributed by atoms with E-state index in [1.165, 1.54) is 0 Å². The summed E-state index contributed by atoms with van der Waals surface area (Å²) in [5.74, 6) is -0.794. The number of nitrogens with one attached hydrogen (secondary N) is 1. The van der Waals surface area contributed by atoms with E-state index in [1.807, 2.05) is 6.92 Å². The Morgan fingerprint density at radius 3 is 2.67 bits per heavy atom. The zero-order valence-corrected chi connectivity index (χ0v) is 9.16. The second-order valence-corrected chi connectivity index (χ2v) is 3.58. The Kier molecular flexibility index (Phi) is 7.32.